The van der Waals surface area contributed by atoms with Crippen molar-refractivity contribution in [2.75, 3.05) is 6.26 Å². The van der Waals surface area contributed by atoms with Gasteiger partial charge in [-0.25, -0.2) is 0 Å². The highest BCUT2D eigenvalue weighted by Gasteiger charge is 2.13. The zero-order chi connectivity index (χ0) is 12.1. The van der Waals surface area contributed by atoms with E-state index in [1.807, 2.05) is 0 Å². The molecule has 0 spiro atoms. The van der Waals surface area contributed by atoms with Crippen molar-refractivity contribution in [2.45, 2.75) is 24.9 Å². The van der Waals surface area contributed by atoms with Gasteiger partial charge in [0.15, 0.2) is 0 Å². The van der Waals surface area contributed by atoms with Gasteiger partial charge in [0.25, 0.3) is 0 Å². The van der Waals surface area contributed by atoms with E-state index in [-0.39, 0.29) is 18.0 Å². The minimum Gasteiger partial charge on any atom is -0.434 e. The fraction of sp³-hybridized carbons (Fsp3) is 0.364. The number of carbonyl (C=O) groups is 1. The van der Waals surface area contributed by atoms with Crippen LogP contribution < -0.4 is 4.74 Å². The maximum absolute atomic E-state index is 12.1. The Hall–Kier alpha value is -1.10. The van der Waals surface area contributed by atoms with Crippen LogP contribution >= 0.6 is 11.8 Å². The quantitative estimate of drug-likeness (QED) is 0.746. The van der Waals surface area contributed by atoms with Crippen molar-refractivity contribution in [1.82, 2.24) is 0 Å². The monoisotopic (exact) mass is 246 g/mol. The molecule has 88 valence electrons. The van der Waals surface area contributed by atoms with Gasteiger partial charge in [-0.05, 0) is 24.8 Å². The summed E-state index contributed by atoms with van der Waals surface area (Å²) in [4.78, 5) is 11.6. The number of benzene rings is 1. The van der Waals surface area contributed by atoms with Crippen molar-refractivity contribution in [2.24, 2.45) is 0 Å². The highest BCUT2D eigenvalue weighted by atomic mass is 32.2. The number of rotatable bonds is 5. The first kappa shape index (κ1) is 13.0. The smallest absolute Gasteiger partial charge is 0.387 e. The molecule has 0 N–H and O–H groups in total. The molecule has 0 heterocycles. The lowest BCUT2D eigenvalue weighted by molar-refractivity contribution is -0.116. The summed E-state index contributed by atoms with van der Waals surface area (Å²) in [6, 6.07) is 4.82. The van der Waals surface area contributed by atoms with Gasteiger partial charge in [0.05, 0.1) is 4.90 Å². The number of alkyl halides is 2. The first-order chi connectivity index (χ1) is 7.54. The van der Waals surface area contributed by atoms with Crippen molar-refractivity contribution in [3.05, 3.63) is 23.8 Å². The average molecular weight is 246 g/mol. The van der Waals surface area contributed by atoms with E-state index in [9.17, 15) is 13.6 Å². The SMILES string of the molecule is CSc1c(CC(C)=O)cccc1OC(F)F. The number of carbonyl (C=O) groups excluding carboxylic acids is 1. The Morgan fingerprint density at radius 1 is 1.50 bits per heavy atom. The number of hydrogen-bond acceptors (Lipinski definition) is 3. The van der Waals surface area contributed by atoms with Gasteiger partial charge in [-0.3, -0.25) is 4.79 Å². The molecule has 0 bridgehead atoms. The molecule has 1 aromatic carbocycles. The maximum atomic E-state index is 12.1. The van der Waals surface area contributed by atoms with Crippen molar-refractivity contribution in [1.29, 1.82) is 0 Å². The fourth-order valence-corrected chi connectivity index (χ4v) is 2.11. The molecule has 1 rings (SSSR count). The molecule has 0 saturated carbocycles. The topological polar surface area (TPSA) is 26.3 Å². The van der Waals surface area contributed by atoms with Crippen molar-refractivity contribution < 1.29 is 18.3 Å². The minimum atomic E-state index is -2.85. The molecular formula is C11H12F2O2S. The summed E-state index contributed by atoms with van der Waals surface area (Å²) in [5, 5.41) is 0. The van der Waals surface area contributed by atoms with Crippen LogP contribution in [-0.4, -0.2) is 18.7 Å². The van der Waals surface area contributed by atoms with Crippen LogP contribution in [0.3, 0.4) is 0 Å². The van der Waals surface area contributed by atoms with Crippen molar-refractivity contribution in [3.8, 4) is 5.75 Å². The molecule has 0 aliphatic carbocycles. The van der Waals surface area contributed by atoms with Gasteiger partial charge in [-0.15, -0.1) is 11.8 Å². The van der Waals surface area contributed by atoms with Crippen molar-refractivity contribution in [3.63, 3.8) is 0 Å². The first-order valence-electron chi connectivity index (χ1n) is 4.64. The van der Waals surface area contributed by atoms with Crippen LogP contribution in [0.2, 0.25) is 0 Å². The third kappa shape index (κ3) is 3.48. The van der Waals surface area contributed by atoms with Gasteiger partial charge in [-0.1, -0.05) is 12.1 Å². The minimum absolute atomic E-state index is 0.00973. The Balaban J connectivity index is 3.04. The van der Waals surface area contributed by atoms with E-state index in [0.717, 1.165) is 5.56 Å². The lowest BCUT2D eigenvalue weighted by Gasteiger charge is -2.12. The number of hydrogen-bond donors (Lipinski definition) is 0. The Morgan fingerprint density at radius 2 is 2.19 bits per heavy atom. The molecule has 0 radical (unpaired) electrons. The van der Waals surface area contributed by atoms with E-state index >= 15 is 0 Å². The van der Waals surface area contributed by atoms with Crippen LogP contribution in [0.15, 0.2) is 23.1 Å². The number of ether oxygens (including phenoxy) is 1. The van der Waals surface area contributed by atoms with Crippen LogP contribution in [0.4, 0.5) is 8.78 Å². The molecule has 0 amide bonds. The van der Waals surface area contributed by atoms with Crippen LogP contribution in [0.25, 0.3) is 0 Å². The molecule has 0 unspecified atom stereocenters. The van der Waals surface area contributed by atoms with Crippen molar-refractivity contribution >= 4 is 17.5 Å². The van der Waals surface area contributed by atoms with Crippen LogP contribution in [0, 0.1) is 0 Å². The van der Waals surface area contributed by atoms with E-state index in [1.54, 1.807) is 18.4 Å². The molecule has 16 heavy (non-hydrogen) atoms. The van der Waals surface area contributed by atoms with Gasteiger partial charge >= 0.3 is 6.61 Å². The summed E-state index contributed by atoms with van der Waals surface area (Å²) in [6.45, 7) is -1.39. The second-order valence-corrected chi connectivity index (χ2v) is 4.02. The molecule has 0 aromatic heterocycles. The number of ketones is 1. The summed E-state index contributed by atoms with van der Waals surface area (Å²) in [5.74, 6) is 0.116. The largest absolute Gasteiger partial charge is 0.434 e. The molecular weight excluding hydrogens is 234 g/mol. The molecule has 5 heteroatoms. The summed E-state index contributed by atoms with van der Waals surface area (Å²) < 4.78 is 28.7. The van der Waals surface area contributed by atoms with Crippen LogP contribution in [-0.2, 0) is 11.2 Å². The number of thioether (sulfide) groups is 1. The van der Waals surface area contributed by atoms with E-state index in [2.05, 4.69) is 4.74 Å². The predicted molar refractivity (Wildman–Crippen MR) is 59.2 cm³/mol. The molecule has 0 aliphatic heterocycles. The zero-order valence-corrected chi connectivity index (χ0v) is 9.81. The molecule has 1 aromatic rings. The summed E-state index contributed by atoms with van der Waals surface area (Å²) >= 11 is 1.30. The maximum Gasteiger partial charge on any atom is 0.387 e. The standard InChI is InChI=1S/C11H12F2O2S/c1-7(14)6-8-4-3-5-9(10(8)16-2)15-11(12)13/h3-5,11H,6H2,1-2H3. The second-order valence-electron chi connectivity index (χ2n) is 3.21. The van der Waals surface area contributed by atoms with Crippen LogP contribution in [0.5, 0.6) is 5.75 Å². The predicted octanol–water partition coefficient (Wildman–Crippen LogP) is 3.14. The van der Waals surface area contributed by atoms with Crippen LogP contribution in [0.1, 0.15) is 12.5 Å². The molecule has 0 aliphatic rings. The lowest BCUT2D eigenvalue weighted by atomic mass is 10.1. The van der Waals surface area contributed by atoms with Gasteiger partial charge in [0.1, 0.15) is 11.5 Å². The van der Waals surface area contributed by atoms with E-state index < -0.39 is 6.61 Å². The molecule has 0 saturated heterocycles. The van der Waals surface area contributed by atoms with Gasteiger partial charge in [0.2, 0.25) is 0 Å². The first-order valence-corrected chi connectivity index (χ1v) is 5.87. The van der Waals surface area contributed by atoms with Gasteiger partial charge < -0.3 is 4.74 Å². The summed E-state index contributed by atoms with van der Waals surface area (Å²) in [6.07, 6.45) is 1.99. The van der Waals surface area contributed by atoms with E-state index in [1.165, 1.54) is 24.8 Å². The number of halogens is 2. The lowest BCUT2D eigenvalue weighted by Crippen LogP contribution is -2.05. The summed E-state index contributed by atoms with van der Waals surface area (Å²) in [5.41, 5.74) is 0.721. The fourth-order valence-electron chi connectivity index (χ4n) is 1.39. The average Bonchev–Trinajstić information content (AvgIpc) is 2.16. The number of Topliss-reactive ketones (excluding diaryl/α,β-unsaturated/α-hetero) is 1. The molecule has 2 nitrogen and oxygen atoms in total. The van der Waals surface area contributed by atoms with E-state index in [4.69, 9.17) is 0 Å². The normalized spacial score (nSPS) is 10.6. The highest BCUT2D eigenvalue weighted by Crippen LogP contribution is 2.32. The molecule has 0 fully saturated rings. The summed E-state index contributed by atoms with van der Waals surface area (Å²) in [7, 11) is 0. The molecule has 0 atom stereocenters. The van der Waals surface area contributed by atoms with Gasteiger partial charge in [0, 0.05) is 6.42 Å². The third-order valence-corrected chi connectivity index (χ3v) is 2.79. The zero-order valence-electron chi connectivity index (χ0n) is 9.00. The Morgan fingerprint density at radius 3 is 2.69 bits per heavy atom. The Kier molecular flexibility index (Phi) is 4.73. The highest BCUT2D eigenvalue weighted by molar-refractivity contribution is 7.98. The van der Waals surface area contributed by atoms with E-state index in [0.29, 0.717) is 4.90 Å². The second kappa shape index (κ2) is 5.84. The third-order valence-electron chi connectivity index (χ3n) is 1.92. The van der Waals surface area contributed by atoms with Gasteiger partial charge in [-0.2, -0.15) is 8.78 Å². The Bertz CT molecular complexity index is 380. The Labute approximate surface area is 97.0 Å².